The Morgan fingerprint density at radius 3 is 2.23 bits per heavy atom. The maximum atomic E-state index is 13.2. The third-order valence-electron chi connectivity index (χ3n) is 4.07. The number of ketones is 1. The Balaban J connectivity index is 1.88. The molecule has 1 aromatic heterocycles. The predicted molar refractivity (Wildman–Crippen MR) is 99.6 cm³/mol. The molecule has 6 heteroatoms. The lowest BCUT2D eigenvalue weighted by Gasteiger charge is -2.10. The molecular formula is C20H16ClFN2O2. The summed E-state index contributed by atoms with van der Waals surface area (Å²) in [7, 11) is 0. The number of hydrogen-bond donors (Lipinski definition) is 1. The molecule has 0 radical (unpaired) electrons. The number of benzene rings is 2. The van der Waals surface area contributed by atoms with Crippen LogP contribution in [0.25, 0.3) is 5.69 Å². The van der Waals surface area contributed by atoms with Gasteiger partial charge in [-0.1, -0.05) is 11.6 Å². The van der Waals surface area contributed by atoms with Crippen molar-refractivity contribution in [2.75, 3.05) is 5.32 Å². The largest absolute Gasteiger partial charge is 0.319 e. The number of carbonyl (C=O) groups is 2. The van der Waals surface area contributed by atoms with Crippen molar-refractivity contribution in [3.8, 4) is 5.69 Å². The molecule has 0 atom stereocenters. The second-order valence-electron chi connectivity index (χ2n) is 5.89. The molecular weight excluding hydrogens is 355 g/mol. The van der Waals surface area contributed by atoms with Crippen molar-refractivity contribution in [2.45, 2.75) is 13.8 Å². The Hall–Kier alpha value is -2.92. The Morgan fingerprint density at radius 2 is 1.62 bits per heavy atom. The number of anilines is 1. The highest BCUT2D eigenvalue weighted by Crippen LogP contribution is 2.22. The van der Waals surface area contributed by atoms with Gasteiger partial charge in [0.2, 0.25) is 0 Å². The Bertz CT molecular complexity index is 976. The second kappa shape index (κ2) is 7.14. The molecule has 0 aliphatic rings. The molecule has 3 aromatic rings. The number of nitrogens with one attached hydrogen (secondary N) is 1. The van der Waals surface area contributed by atoms with Crippen LogP contribution in [0.1, 0.15) is 21.7 Å². The second-order valence-corrected chi connectivity index (χ2v) is 6.32. The summed E-state index contributed by atoms with van der Waals surface area (Å²) in [6.45, 7) is 3.57. The van der Waals surface area contributed by atoms with Gasteiger partial charge in [-0.15, -0.1) is 0 Å². The van der Waals surface area contributed by atoms with Crippen molar-refractivity contribution in [3.63, 3.8) is 0 Å². The zero-order valence-electron chi connectivity index (χ0n) is 14.2. The summed E-state index contributed by atoms with van der Waals surface area (Å²) in [5, 5.41) is 3.10. The van der Waals surface area contributed by atoms with E-state index in [4.69, 9.17) is 11.6 Å². The average molecular weight is 371 g/mol. The van der Waals surface area contributed by atoms with E-state index in [1.54, 1.807) is 49.4 Å². The maximum Gasteiger partial charge on any atom is 0.296 e. The van der Waals surface area contributed by atoms with Crippen LogP contribution < -0.4 is 5.32 Å². The lowest BCUT2D eigenvalue weighted by molar-refractivity contribution is -0.112. The fourth-order valence-corrected chi connectivity index (χ4v) is 2.95. The van der Waals surface area contributed by atoms with Gasteiger partial charge in [-0.05, 0) is 68.4 Å². The van der Waals surface area contributed by atoms with Gasteiger partial charge in [-0.25, -0.2) is 4.39 Å². The molecule has 132 valence electrons. The van der Waals surface area contributed by atoms with Crippen molar-refractivity contribution in [1.82, 2.24) is 4.57 Å². The first kappa shape index (κ1) is 17.9. The third kappa shape index (κ3) is 3.53. The summed E-state index contributed by atoms with van der Waals surface area (Å²) in [6.07, 6.45) is 0. The number of rotatable bonds is 4. The maximum absolute atomic E-state index is 13.2. The van der Waals surface area contributed by atoms with E-state index in [1.165, 1.54) is 12.1 Å². The third-order valence-corrected chi connectivity index (χ3v) is 4.32. The standard InChI is InChI=1S/C20H16ClFN2O2/c1-12-11-18(13(2)24(12)17-9-5-15(22)6-10-17)19(25)20(26)23-16-7-3-14(21)4-8-16/h3-11H,1-2H3,(H,23,26). The van der Waals surface area contributed by atoms with Gasteiger partial charge in [0.05, 0.1) is 0 Å². The van der Waals surface area contributed by atoms with Crippen molar-refractivity contribution in [2.24, 2.45) is 0 Å². The first-order chi connectivity index (χ1) is 12.4. The topological polar surface area (TPSA) is 51.1 Å². The molecule has 0 unspecified atom stereocenters. The summed E-state index contributed by atoms with van der Waals surface area (Å²) in [5.74, 6) is -1.71. The molecule has 0 saturated carbocycles. The number of aromatic nitrogens is 1. The Morgan fingerprint density at radius 1 is 1.00 bits per heavy atom. The summed E-state index contributed by atoms with van der Waals surface area (Å²) < 4.78 is 15.0. The smallest absolute Gasteiger partial charge is 0.296 e. The van der Waals surface area contributed by atoms with E-state index in [9.17, 15) is 14.0 Å². The summed E-state index contributed by atoms with van der Waals surface area (Å²) in [4.78, 5) is 24.9. The number of nitrogens with zero attached hydrogens (tertiary/aromatic N) is 1. The fourth-order valence-electron chi connectivity index (χ4n) is 2.82. The molecule has 0 spiro atoms. The van der Waals surface area contributed by atoms with Gasteiger partial charge in [0.25, 0.3) is 11.7 Å². The molecule has 0 bridgehead atoms. The molecule has 1 N–H and O–H groups in total. The fraction of sp³-hybridized carbons (Fsp3) is 0.100. The van der Waals surface area contributed by atoms with E-state index in [1.807, 2.05) is 11.5 Å². The molecule has 0 aliphatic carbocycles. The highest BCUT2D eigenvalue weighted by Gasteiger charge is 2.22. The van der Waals surface area contributed by atoms with Crippen LogP contribution in [0.2, 0.25) is 5.02 Å². The Labute approximate surface area is 155 Å². The van der Waals surface area contributed by atoms with Gasteiger partial charge >= 0.3 is 0 Å². The van der Waals surface area contributed by atoms with E-state index in [2.05, 4.69) is 5.32 Å². The first-order valence-electron chi connectivity index (χ1n) is 7.93. The highest BCUT2D eigenvalue weighted by molar-refractivity contribution is 6.46. The quantitative estimate of drug-likeness (QED) is 0.534. The van der Waals surface area contributed by atoms with Crippen molar-refractivity contribution in [1.29, 1.82) is 0 Å². The van der Waals surface area contributed by atoms with Crippen LogP contribution in [-0.2, 0) is 4.79 Å². The summed E-state index contributed by atoms with van der Waals surface area (Å²) in [5.41, 5.74) is 2.90. The lowest BCUT2D eigenvalue weighted by atomic mass is 10.1. The van der Waals surface area contributed by atoms with Crippen molar-refractivity contribution < 1.29 is 14.0 Å². The van der Waals surface area contributed by atoms with Crippen LogP contribution in [0.3, 0.4) is 0 Å². The molecule has 1 heterocycles. The monoisotopic (exact) mass is 370 g/mol. The number of carbonyl (C=O) groups excluding carboxylic acids is 2. The van der Waals surface area contributed by atoms with Crippen LogP contribution >= 0.6 is 11.6 Å². The molecule has 4 nitrogen and oxygen atoms in total. The van der Waals surface area contributed by atoms with Gasteiger partial charge in [-0.3, -0.25) is 9.59 Å². The minimum absolute atomic E-state index is 0.304. The minimum Gasteiger partial charge on any atom is -0.319 e. The SMILES string of the molecule is Cc1cc(C(=O)C(=O)Nc2ccc(Cl)cc2)c(C)n1-c1ccc(F)cc1. The molecule has 2 aromatic carbocycles. The van der Waals surface area contributed by atoms with E-state index in [-0.39, 0.29) is 5.82 Å². The number of halogens is 2. The average Bonchev–Trinajstić information content (AvgIpc) is 2.91. The van der Waals surface area contributed by atoms with E-state index in [0.717, 1.165) is 11.4 Å². The van der Waals surface area contributed by atoms with E-state index < -0.39 is 11.7 Å². The van der Waals surface area contributed by atoms with Crippen LogP contribution in [0.5, 0.6) is 0 Å². The van der Waals surface area contributed by atoms with Crippen molar-refractivity contribution in [3.05, 3.63) is 82.4 Å². The van der Waals surface area contributed by atoms with E-state index in [0.29, 0.717) is 22.0 Å². The van der Waals surface area contributed by atoms with Crippen LogP contribution in [0.15, 0.2) is 54.6 Å². The molecule has 0 saturated heterocycles. The molecule has 0 fully saturated rings. The van der Waals surface area contributed by atoms with Crippen LogP contribution in [0, 0.1) is 19.7 Å². The number of Topliss-reactive ketones (excluding diaryl/α,β-unsaturated/α-hetero) is 1. The molecule has 1 amide bonds. The molecule has 3 rings (SSSR count). The summed E-state index contributed by atoms with van der Waals surface area (Å²) in [6, 6.07) is 14.1. The first-order valence-corrected chi connectivity index (χ1v) is 8.31. The zero-order chi connectivity index (χ0) is 18.8. The van der Waals surface area contributed by atoms with Crippen LogP contribution in [0.4, 0.5) is 10.1 Å². The normalized spacial score (nSPS) is 10.6. The number of amides is 1. The Kier molecular flexibility index (Phi) is 4.91. The van der Waals surface area contributed by atoms with Gasteiger partial charge in [0.1, 0.15) is 5.82 Å². The minimum atomic E-state index is -0.730. The molecule has 26 heavy (non-hydrogen) atoms. The predicted octanol–water partition coefficient (Wildman–Crippen LogP) is 4.71. The zero-order valence-corrected chi connectivity index (χ0v) is 15.0. The number of hydrogen-bond acceptors (Lipinski definition) is 2. The van der Waals surface area contributed by atoms with Gasteiger partial charge in [0.15, 0.2) is 0 Å². The van der Waals surface area contributed by atoms with E-state index >= 15 is 0 Å². The van der Waals surface area contributed by atoms with Gasteiger partial charge in [0, 0.05) is 33.3 Å². The van der Waals surface area contributed by atoms with Gasteiger partial charge in [-0.2, -0.15) is 0 Å². The van der Waals surface area contributed by atoms with Crippen molar-refractivity contribution >= 4 is 29.0 Å². The lowest BCUT2D eigenvalue weighted by Crippen LogP contribution is -2.23. The highest BCUT2D eigenvalue weighted by atomic mass is 35.5. The van der Waals surface area contributed by atoms with Gasteiger partial charge < -0.3 is 9.88 Å². The summed E-state index contributed by atoms with van der Waals surface area (Å²) >= 11 is 5.81. The molecule has 0 aliphatic heterocycles. The van der Waals surface area contributed by atoms with Crippen LogP contribution in [-0.4, -0.2) is 16.3 Å². The number of aryl methyl sites for hydroxylation is 1.